The predicted octanol–water partition coefficient (Wildman–Crippen LogP) is 2.37. The molecule has 0 aliphatic rings. The zero-order chi connectivity index (χ0) is 14.0. The fourth-order valence-electron chi connectivity index (χ4n) is 1.27. The second-order valence-corrected chi connectivity index (χ2v) is 4.10. The molecule has 19 heavy (non-hydrogen) atoms. The summed E-state index contributed by atoms with van der Waals surface area (Å²) in [5.74, 6) is -1.67. The molecule has 0 aliphatic carbocycles. The van der Waals surface area contributed by atoms with Crippen LogP contribution in [0.25, 0.3) is 0 Å². The number of aromatic nitrogens is 3. The molecule has 1 amide bonds. The lowest BCUT2D eigenvalue weighted by atomic mass is 10.2. The van der Waals surface area contributed by atoms with Crippen LogP contribution in [-0.2, 0) is 0 Å². The molecule has 0 radical (unpaired) electrons. The monoisotopic (exact) mass is 299 g/mol. The minimum absolute atomic E-state index is 0.0888. The standard InChI is InChI=1S/C10H4Cl2FN5O/c11-5-3-15-9(13)8(12)7(5)10(19)16-6-1-4(2-14)17-18-6/h1,3H,(H2,16,17,18,19). The van der Waals surface area contributed by atoms with Gasteiger partial charge in [0.25, 0.3) is 5.91 Å². The van der Waals surface area contributed by atoms with Gasteiger partial charge in [-0.05, 0) is 0 Å². The quantitative estimate of drug-likeness (QED) is 0.832. The Morgan fingerprint density at radius 3 is 2.89 bits per heavy atom. The van der Waals surface area contributed by atoms with Gasteiger partial charge in [0.05, 0.1) is 10.6 Å². The average molecular weight is 300 g/mol. The van der Waals surface area contributed by atoms with Gasteiger partial charge in [-0.25, -0.2) is 4.98 Å². The van der Waals surface area contributed by atoms with Crippen molar-refractivity contribution in [2.24, 2.45) is 0 Å². The number of hydrogen-bond donors (Lipinski definition) is 2. The van der Waals surface area contributed by atoms with Gasteiger partial charge in [-0.15, -0.1) is 0 Å². The summed E-state index contributed by atoms with van der Waals surface area (Å²) in [6.45, 7) is 0. The van der Waals surface area contributed by atoms with Crippen LogP contribution in [0.4, 0.5) is 10.2 Å². The minimum Gasteiger partial charge on any atom is -0.305 e. The number of nitriles is 1. The Kier molecular flexibility index (Phi) is 3.64. The van der Waals surface area contributed by atoms with Crippen LogP contribution in [-0.4, -0.2) is 21.1 Å². The number of nitrogens with zero attached hydrogens (tertiary/aromatic N) is 3. The molecule has 2 aromatic heterocycles. The van der Waals surface area contributed by atoms with Crippen LogP contribution < -0.4 is 5.32 Å². The summed E-state index contributed by atoms with van der Waals surface area (Å²) in [5, 5.41) is 16.4. The second-order valence-electron chi connectivity index (χ2n) is 3.32. The first-order valence-electron chi connectivity index (χ1n) is 4.79. The molecule has 0 saturated carbocycles. The van der Waals surface area contributed by atoms with E-state index in [0.29, 0.717) is 0 Å². The lowest BCUT2D eigenvalue weighted by Crippen LogP contribution is -2.14. The number of carbonyl (C=O) groups excluding carboxylic acids is 1. The van der Waals surface area contributed by atoms with E-state index in [1.54, 1.807) is 6.07 Å². The number of anilines is 1. The summed E-state index contributed by atoms with van der Waals surface area (Å²) in [5.41, 5.74) is -0.0919. The molecule has 2 heterocycles. The van der Waals surface area contributed by atoms with Crippen molar-refractivity contribution >= 4 is 34.9 Å². The number of rotatable bonds is 2. The van der Waals surface area contributed by atoms with Crippen LogP contribution in [0.2, 0.25) is 10.0 Å². The van der Waals surface area contributed by atoms with Gasteiger partial charge in [0.15, 0.2) is 5.82 Å². The van der Waals surface area contributed by atoms with Crippen LogP contribution in [0.5, 0.6) is 0 Å². The second kappa shape index (κ2) is 5.22. The van der Waals surface area contributed by atoms with Crippen molar-refractivity contribution in [2.75, 3.05) is 5.32 Å². The van der Waals surface area contributed by atoms with Crippen LogP contribution in [0.3, 0.4) is 0 Å². The Hall–Kier alpha value is -2.17. The number of pyridine rings is 1. The third-order valence-corrected chi connectivity index (χ3v) is 2.73. The first-order chi connectivity index (χ1) is 9.02. The van der Waals surface area contributed by atoms with Gasteiger partial charge in [-0.2, -0.15) is 14.8 Å². The maximum Gasteiger partial charge on any atom is 0.260 e. The number of H-pyrrole nitrogens is 1. The molecule has 9 heteroatoms. The fraction of sp³-hybridized carbons (Fsp3) is 0. The number of nitrogens with one attached hydrogen (secondary N) is 2. The van der Waals surface area contributed by atoms with Gasteiger partial charge in [0, 0.05) is 12.3 Å². The third-order valence-electron chi connectivity index (χ3n) is 2.10. The van der Waals surface area contributed by atoms with Crippen molar-refractivity contribution in [3.63, 3.8) is 0 Å². The summed E-state index contributed by atoms with van der Waals surface area (Å²) < 4.78 is 13.2. The van der Waals surface area contributed by atoms with E-state index in [9.17, 15) is 9.18 Å². The molecular formula is C10H4Cl2FN5O. The normalized spacial score (nSPS) is 10.0. The van der Waals surface area contributed by atoms with Crippen molar-refractivity contribution in [3.05, 3.63) is 39.5 Å². The first kappa shape index (κ1) is 13.3. The van der Waals surface area contributed by atoms with E-state index in [2.05, 4.69) is 20.5 Å². The molecular weight excluding hydrogens is 296 g/mol. The van der Waals surface area contributed by atoms with Crippen molar-refractivity contribution < 1.29 is 9.18 Å². The maximum atomic E-state index is 13.2. The van der Waals surface area contributed by atoms with Gasteiger partial charge in [-0.3, -0.25) is 9.89 Å². The number of aromatic amines is 1. The first-order valence-corrected chi connectivity index (χ1v) is 5.55. The Bertz CT molecular complexity index is 694. The Labute approximate surface area is 116 Å². The summed E-state index contributed by atoms with van der Waals surface area (Å²) >= 11 is 11.4. The largest absolute Gasteiger partial charge is 0.305 e. The molecule has 2 aromatic rings. The highest BCUT2D eigenvalue weighted by Gasteiger charge is 2.20. The van der Waals surface area contributed by atoms with Crippen molar-refractivity contribution in [3.8, 4) is 6.07 Å². The number of amides is 1. The number of carbonyl (C=O) groups is 1. The van der Waals surface area contributed by atoms with E-state index in [1.165, 1.54) is 6.07 Å². The molecule has 0 atom stereocenters. The molecule has 0 aromatic carbocycles. The molecule has 0 bridgehead atoms. The zero-order valence-corrected chi connectivity index (χ0v) is 10.6. The molecule has 0 fully saturated rings. The summed E-state index contributed by atoms with van der Waals surface area (Å²) in [6.07, 6.45) is 0.975. The average Bonchev–Trinajstić information content (AvgIpc) is 2.82. The van der Waals surface area contributed by atoms with E-state index in [1.807, 2.05) is 0 Å². The van der Waals surface area contributed by atoms with Gasteiger partial charge >= 0.3 is 0 Å². The Balaban J connectivity index is 2.30. The fourth-order valence-corrected chi connectivity index (χ4v) is 1.79. The third kappa shape index (κ3) is 2.65. The van der Waals surface area contributed by atoms with Crippen LogP contribution in [0.15, 0.2) is 12.3 Å². The molecule has 0 unspecified atom stereocenters. The number of halogens is 3. The molecule has 0 spiro atoms. The molecule has 2 N–H and O–H groups in total. The summed E-state index contributed by atoms with van der Waals surface area (Å²) in [4.78, 5) is 15.2. The van der Waals surface area contributed by atoms with Crippen LogP contribution >= 0.6 is 23.2 Å². The summed E-state index contributed by atoms with van der Waals surface area (Å²) in [7, 11) is 0. The molecule has 0 saturated heterocycles. The smallest absolute Gasteiger partial charge is 0.260 e. The number of hydrogen-bond acceptors (Lipinski definition) is 4. The predicted molar refractivity (Wildman–Crippen MR) is 65.5 cm³/mol. The van der Waals surface area contributed by atoms with Crippen molar-refractivity contribution in [2.45, 2.75) is 0 Å². The van der Waals surface area contributed by atoms with Gasteiger partial charge in [0.2, 0.25) is 5.95 Å². The maximum absolute atomic E-state index is 13.2. The van der Waals surface area contributed by atoms with Crippen LogP contribution in [0, 0.1) is 17.3 Å². The zero-order valence-electron chi connectivity index (χ0n) is 9.04. The molecule has 6 nitrogen and oxygen atoms in total. The van der Waals surface area contributed by atoms with Gasteiger partial charge in [-0.1, -0.05) is 23.2 Å². The van der Waals surface area contributed by atoms with Crippen LogP contribution in [0.1, 0.15) is 16.1 Å². The van der Waals surface area contributed by atoms with E-state index in [0.717, 1.165) is 6.20 Å². The van der Waals surface area contributed by atoms with E-state index >= 15 is 0 Å². The van der Waals surface area contributed by atoms with Gasteiger partial charge < -0.3 is 5.32 Å². The highest BCUT2D eigenvalue weighted by atomic mass is 35.5. The van der Waals surface area contributed by atoms with Gasteiger partial charge in [0.1, 0.15) is 16.8 Å². The topological polar surface area (TPSA) is 94.5 Å². The highest BCUT2D eigenvalue weighted by Crippen LogP contribution is 2.26. The van der Waals surface area contributed by atoms with E-state index in [-0.39, 0.29) is 22.1 Å². The van der Waals surface area contributed by atoms with Crippen molar-refractivity contribution in [1.82, 2.24) is 15.2 Å². The lowest BCUT2D eigenvalue weighted by Gasteiger charge is -2.06. The SMILES string of the molecule is N#Cc1cc(NC(=O)c2c(Cl)cnc(F)c2Cl)n[nH]1. The van der Waals surface area contributed by atoms with E-state index in [4.69, 9.17) is 28.5 Å². The van der Waals surface area contributed by atoms with Crippen molar-refractivity contribution in [1.29, 1.82) is 5.26 Å². The highest BCUT2D eigenvalue weighted by molar-refractivity contribution is 6.40. The molecule has 0 aliphatic heterocycles. The minimum atomic E-state index is -1.00. The Morgan fingerprint density at radius 1 is 1.53 bits per heavy atom. The molecule has 96 valence electrons. The Morgan fingerprint density at radius 2 is 2.26 bits per heavy atom. The lowest BCUT2D eigenvalue weighted by molar-refractivity contribution is 0.102. The summed E-state index contributed by atoms with van der Waals surface area (Å²) in [6, 6.07) is 3.10. The molecule has 2 rings (SSSR count). The van der Waals surface area contributed by atoms with E-state index < -0.39 is 16.9 Å².